The van der Waals surface area contributed by atoms with Gasteiger partial charge < -0.3 is 5.32 Å². The average molecular weight is 258 g/mol. The van der Waals surface area contributed by atoms with Crippen molar-refractivity contribution in [3.05, 3.63) is 0 Å². The maximum atomic E-state index is 12.3. The second kappa shape index (κ2) is 5.41. The molecule has 3 fully saturated rings. The molecule has 0 radical (unpaired) electrons. The smallest absolute Gasteiger partial charge is 0.250 e. The number of nitrogens with zero attached hydrogens (tertiary/aromatic N) is 1. The van der Waals surface area contributed by atoms with E-state index < -0.39 is 6.43 Å². The molecule has 2 unspecified atom stereocenters. The third-order valence-corrected chi connectivity index (χ3v) is 4.55. The summed E-state index contributed by atoms with van der Waals surface area (Å²) in [5.41, 5.74) is 0. The molecule has 2 nitrogen and oxygen atoms in total. The lowest BCUT2D eigenvalue weighted by atomic mass is 9.89. The van der Waals surface area contributed by atoms with E-state index in [0.29, 0.717) is 0 Å². The lowest BCUT2D eigenvalue weighted by Gasteiger charge is -2.38. The summed E-state index contributed by atoms with van der Waals surface area (Å²) < 4.78 is 24.6. The van der Waals surface area contributed by atoms with Crippen molar-refractivity contribution in [1.82, 2.24) is 10.2 Å². The lowest BCUT2D eigenvalue weighted by molar-refractivity contribution is 0.101. The van der Waals surface area contributed by atoms with Gasteiger partial charge in [-0.15, -0.1) is 0 Å². The van der Waals surface area contributed by atoms with Crippen LogP contribution in [0.2, 0.25) is 0 Å². The number of halogens is 2. The summed E-state index contributed by atoms with van der Waals surface area (Å²) in [7, 11) is 0. The summed E-state index contributed by atoms with van der Waals surface area (Å²) >= 11 is 0. The van der Waals surface area contributed by atoms with Gasteiger partial charge in [-0.3, -0.25) is 4.90 Å². The number of alkyl halides is 2. The molecule has 3 rings (SSSR count). The van der Waals surface area contributed by atoms with Crippen LogP contribution in [0.1, 0.15) is 38.5 Å². The Kier molecular flexibility index (Phi) is 3.85. The zero-order valence-corrected chi connectivity index (χ0v) is 11.0. The minimum Gasteiger partial charge on any atom is -0.307 e. The second-order valence-corrected chi connectivity index (χ2v) is 6.46. The van der Waals surface area contributed by atoms with Gasteiger partial charge in [0.1, 0.15) is 0 Å². The first-order valence-electron chi connectivity index (χ1n) is 7.46. The average Bonchev–Trinajstić information content (AvgIpc) is 3.18. The monoisotopic (exact) mass is 258 g/mol. The molecule has 0 spiro atoms. The molecular weight excluding hydrogens is 234 g/mol. The molecule has 1 saturated heterocycles. The van der Waals surface area contributed by atoms with Crippen LogP contribution in [0.5, 0.6) is 0 Å². The summed E-state index contributed by atoms with van der Waals surface area (Å²) in [6.45, 7) is 2.06. The molecule has 4 heteroatoms. The fourth-order valence-corrected chi connectivity index (χ4v) is 3.38. The molecule has 2 aliphatic carbocycles. The van der Waals surface area contributed by atoms with Crippen LogP contribution in [0.15, 0.2) is 0 Å². The third kappa shape index (κ3) is 3.64. The van der Waals surface area contributed by atoms with Crippen molar-refractivity contribution >= 4 is 0 Å². The summed E-state index contributed by atoms with van der Waals surface area (Å²) in [6, 6.07) is 1.06. The van der Waals surface area contributed by atoms with Gasteiger partial charge in [-0.05, 0) is 37.5 Å². The normalized spacial score (nSPS) is 34.2. The van der Waals surface area contributed by atoms with Crippen molar-refractivity contribution in [3.8, 4) is 0 Å². The van der Waals surface area contributed by atoms with Gasteiger partial charge in [0.15, 0.2) is 0 Å². The first kappa shape index (κ1) is 12.8. The Hall–Kier alpha value is -0.220. The van der Waals surface area contributed by atoms with E-state index in [1.54, 1.807) is 0 Å². The van der Waals surface area contributed by atoms with Crippen molar-refractivity contribution in [1.29, 1.82) is 0 Å². The molecule has 0 aromatic heterocycles. The number of piperidine rings is 1. The van der Waals surface area contributed by atoms with E-state index in [2.05, 4.69) is 10.2 Å². The highest BCUT2D eigenvalue weighted by atomic mass is 19.3. The van der Waals surface area contributed by atoms with Crippen molar-refractivity contribution in [2.45, 2.75) is 57.0 Å². The van der Waals surface area contributed by atoms with Crippen LogP contribution in [-0.2, 0) is 0 Å². The Labute approximate surface area is 108 Å². The van der Waals surface area contributed by atoms with E-state index in [-0.39, 0.29) is 12.6 Å². The van der Waals surface area contributed by atoms with Crippen molar-refractivity contribution < 1.29 is 8.78 Å². The number of hydrogen-bond acceptors (Lipinski definition) is 2. The quantitative estimate of drug-likeness (QED) is 0.787. The highest BCUT2D eigenvalue weighted by Gasteiger charge is 2.37. The van der Waals surface area contributed by atoms with E-state index in [4.69, 9.17) is 0 Å². The van der Waals surface area contributed by atoms with Crippen LogP contribution in [-0.4, -0.2) is 43.0 Å². The number of hydrogen-bond donors (Lipinski definition) is 1. The Morgan fingerprint density at radius 1 is 1.06 bits per heavy atom. The fourth-order valence-electron chi connectivity index (χ4n) is 3.38. The van der Waals surface area contributed by atoms with Gasteiger partial charge in [-0.25, -0.2) is 8.78 Å². The molecule has 0 aromatic carbocycles. The zero-order valence-electron chi connectivity index (χ0n) is 11.0. The Morgan fingerprint density at radius 3 is 2.44 bits per heavy atom. The van der Waals surface area contributed by atoms with Crippen molar-refractivity contribution in [3.63, 3.8) is 0 Å². The molecule has 0 amide bonds. The zero-order chi connectivity index (χ0) is 12.5. The third-order valence-electron chi connectivity index (χ3n) is 4.55. The Morgan fingerprint density at radius 2 is 1.83 bits per heavy atom. The van der Waals surface area contributed by atoms with Crippen LogP contribution in [0, 0.1) is 11.8 Å². The minimum absolute atomic E-state index is 0.140. The van der Waals surface area contributed by atoms with Crippen LogP contribution >= 0.6 is 0 Å². The molecule has 2 atom stereocenters. The lowest BCUT2D eigenvalue weighted by Crippen LogP contribution is -2.50. The van der Waals surface area contributed by atoms with E-state index >= 15 is 0 Å². The van der Waals surface area contributed by atoms with E-state index in [9.17, 15) is 8.78 Å². The van der Waals surface area contributed by atoms with Gasteiger partial charge in [0.2, 0.25) is 0 Å². The maximum Gasteiger partial charge on any atom is 0.250 e. The Balaban J connectivity index is 1.51. The van der Waals surface area contributed by atoms with Crippen LogP contribution < -0.4 is 5.32 Å². The molecule has 1 aliphatic heterocycles. The highest BCUT2D eigenvalue weighted by Crippen LogP contribution is 2.39. The SMILES string of the molecule is FC(F)CNC1CC(CC2CC2)CN(C2CC2)C1. The molecular formula is C14H24F2N2. The molecule has 18 heavy (non-hydrogen) atoms. The number of rotatable bonds is 6. The molecule has 1 heterocycles. The Bertz CT molecular complexity index is 277. The van der Waals surface area contributed by atoms with Gasteiger partial charge in [0.25, 0.3) is 6.43 Å². The van der Waals surface area contributed by atoms with Gasteiger partial charge in [-0.1, -0.05) is 12.8 Å². The summed E-state index contributed by atoms with van der Waals surface area (Å²) in [5.74, 6) is 1.69. The maximum absolute atomic E-state index is 12.3. The van der Waals surface area contributed by atoms with Crippen molar-refractivity contribution in [2.24, 2.45) is 11.8 Å². The van der Waals surface area contributed by atoms with Crippen LogP contribution in [0.4, 0.5) is 8.78 Å². The minimum atomic E-state index is -2.22. The molecule has 3 aliphatic rings. The van der Waals surface area contributed by atoms with Crippen molar-refractivity contribution in [2.75, 3.05) is 19.6 Å². The first-order valence-corrected chi connectivity index (χ1v) is 7.46. The van der Waals surface area contributed by atoms with E-state index in [1.807, 2.05) is 0 Å². The summed E-state index contributed by atoms with van der Waals surface area (Å²) in [4.78, 5) is 2.56. The van der Waals surface area contributed by atoms with Gasteiger partial charge in [-0.2, -0.15) is 0 Å². The van der Waals surface area contributed by atoms with Crippen LogP contribution in [0.3, 0.4) is 0 Å². The summed E-state index contributed by atoms with van der Waals surface area (Å²) in [6.07, 6.45) is 5.64. The molecule has 104 valence electrons. The van der Waals surface area contributed by atoms with Crippen LogP contribution in [0.25, 0.3) is 0 Å². The predicted molar refractivity (Wildman–Crippen MR) is 67.8 cm³/mol. The van der Waals surface area contributed by atoms with E-state index in [0.717, 1.165) is 30.8 Å². The summed E-state index contributed by atoms with van der Waals surface area (Å²) in [5, 5.41) is 3.07. The highest BCUT2D eigenvalue weighted by molar-refractivity contribution is 4.93. The van der Waals surface area contributed by atoms with E-state index in [1.165, 1.54) is 38.6 Å². The number of likely N-dealkylation sites (tertiary alicyclic amines) is 1. The molecule has 0 aromatic rings. The molecule has 0 bridgehead atoms. The topological polar surface area (TPSA) is 15.3 Å². The largest absolute Gasteiger partial charge is 0.307 e. The molecule has 1 N–H and O–H groups in total. The molecule has 2 saturated carbocycles. The van der Waals surface area contributed by atoms with Gasteiger partial charge >= 0.3 is 0 Å². The van der Waals surface area contributed by atoms with Gasteiger partial charge in [0, 0.05) is 25.2 Å². The first-order chi connectivity index (χ1) is 8.70. The predicted octanol–water partition coefficient (Wildman–Crippen LogP) is 2.49. The number of nitrogens with one attached hydrogen (secondary N) is 1. The van der Waals surface area contributed by atoms with Gasteiger partial charge in [0.05, 0.1) is 6.54 Å². The fraction of sp³-hybridized carbons (Fsp3) is 1.00. The standard InChI is InChI=1S/C14H24F2N2/c15-14(16)7-17-12-6-11(5-10-1-2-10)8-18(9-12)13-3-4-13/h10-14,17H,1-9H2. The second-order valence-electron chi connectivity index (χ2n) is 6.46.